The van der Waals surface area contributed by atoms with Crippen LogP contribution in [0.4, 0.5) is 10.5 Å². The second-order valence-corrected chi connectivity index (χ2v) is 4.42. The maximum Gasteiger partial charge on any atom is 0.319 e. The van der Waals surface area contributed by atoms with Crippen LogP contribution in [0.1, 0.15) is 25.2 Å². The highest BCUT2D eigenvalue weighted by atomic mass is 35.5. The molecular formula is C13H15ClN4O. The lowest BCUT2D eigenvalue weighted by Gasteiger charge is -2.15. The highest BCUT2D eigenvalue weighted by Crippen LogP contribution is 2.20. The van der Waals surface area contributed by atoms with Gasteiger partial charge in [0.2, 0.25) is 0 Å². The molecule has 1 aromatic heterocycles. The maximum absolute atomic E-state index is 11.9. The minimum Gasteiger partial charge on any atom is -0.347 e. The van der Waals surface area contributed by atoms with Gasteiger partial charge in [0.25, 0.3) is 0 Å². The highest BCUT2D eigenvalue weighted by molar-refractivity contribution is 6.33. The van der Waals surface area contributed by atoms with E-state index in [1.807, 2.05) is 19.1 Å². The van der Waals surface area contributed by atoms with Gasteiger partial charge in [0.15, 0.2) is 0 Å². The third kappa shape index (κ3) is 3.48. The zero-order valence-electron chi connectivity index (χ0n) is 10.5. The van der Waals surface area contributed by atoms with E-state index in [1.54, 1.807) is 24.5 Å². The normalized spacial score (nSPS) is 11.9. The molecule has 0 aliphatic heterocycles. The molecule has 0 aliphatic rings. The summed E-state index contributed by atoms with van der Waals surface area (Å²) in [5.74, 6) is 0.733. The predicted octanol–water partition coefficient (Wildman–Crippen LogP) is 3.34. The van der Waals surface area contributed by atoms with Gasteiger partial charge in [-0.2, -0.15) is 0 Å². The van der Waals surface area contributed by atoms with E-state index >= 15 is 0 Å². The van der Waals surface area contributed by atoms with Crippen molar-refractivity contribution in [2.24, 2.45) is 0 Å². The second-order valence-electron chi connectivity index (χ2n) is 4.01. The van der Waals surface area contributed by atoms with Crippen LogP contribution in [0.5, 0.6) is 0 Å². The Balaban J connectivity index is 1.99. The second kappa shape index (κ2) is 6.24. The summed E-state index contributed by atoms with van der Waals surface area (Å²) < 4.78 is 0. The van der Waals surface area contributed by atoms with Gasteiger partial charge in [-0.05, 0) is 18.6 Å². The van der Waals surface area contributed by atoms with E-state index in [2.05, 4.69) is 20.6 Å². The van der Waals surface area contributed by atoms with Crippen molar-refractivity contribution in [2.75, 3.05) is 5.32 Å². The Labute approximate surface area is 116 Å². The van der Waals surface area contributed by atoms with Crippen LogP contribution in [0, 0.1) is 0 Å². The van der Waals surface area contributed by atoms with E-state index < -0.39 is 0 Å². The molecule has 100 valence electrons. The van der Waals surface area contributed by atoms with E-state index in [0.29, 0.717) is 10.7 Å². The monoisotopic (exact) mass is 278 g/mol. The van der Waals surface area contributed by atoms with Gasteiger partial charge < -0.3 is 15.6 Å². The number of aromatic nitrogens is 2. The zero-order valence-corrected chi connectivity index (χ0v) is 11.2. The Morgan fingerprint density at radius 3 is 2.89 bits per heavy atom. The number of rotatable bonds is 4. The number of halogens is 1. The van der Waals surface area contributed by atoms with Crippen LogP contribution in [-0.4, -0.2) is 16.0 Å². The minimum absolute atomic E-state index is 0.155. The Morgan fingerprint density at radius 2 is 2.26 bits per heavy atom. The highest BCUT2D eigenvalue weighted by Gasteiger charge is 2.15. The summed E-state index contributed by atoms with van der Waals surface area (Å²) in [5.41, 5.74) is 0.580. The van der Waals surface area contributed by atoms with Crippen molar-refractivity contribution >= 4 is 23.3 Å². The molecule has 0 radical (unpaired) electrons. The van der Waals surface area contributed by atoms with Gasteiger partial charge in [-0.1, -0.05) is 30.7 Å². The number of para-hydroxylation sites is 1. The van der Waals surface area contributed by atoms with Crippen LogP contribution >= 0.6 is 11.6 Å². The fourth-order valence-corrected chi connectivity index (χ4v) is 1.89. The summed E-state index contributed by atoms with van der Waals surface area (Å²) in [5, 5.41) is 6.06. The molecule has 2 amide bonds. The third-order valence-electron chi connectivity index (χ3n) is 2.69. The molecule has 1 atom stereocenters. The van der Waals surface area contributed by atoms with Crippen molar-refractivity contribution in [1.29, 1.82) is 0 Å². The fourth-order valence-electron chi connectivity index (χ4n) is 1.71. The van der Waals surface area contributed by atoms with Gasteiger partial charge in [-0.25, -0.2) is 9.78 Å². The van der Waals surface area contributed by atoms with E-state index in [9.17, 15) is 4.79 Å². The van der Waals surface area contributed by atoms with Gasteiger partial charge in [0.05, 0.1) is 16.8 Å². The molecule has 2 rings (SSSR count). The molecule has 6 heteroatoms. The number of nitrogens with one attached hydrogen (secondary N) is 3. The number of H-pyrrole nitrogens is 1. The number of nitrogens with zero attached hydrogens (tertiary/aromatic N) is 1. The first kappa shape index (κ1) is 13.4. The summed E-state index contributed by atoms with van der Waals surface area (Å²) in [6, 6.07) is 6.62. The quantitative estimate of drug-likeness (QED) is 0.803. The van der Waals surface area contributed by atoms with Crippen molar-refractivity contribution in [3.63, 3.8) is 0 Å². The molecule has 0 saturated heterocycles. The van der Waals surface area contributed by atoms with E-state index in [0.717, 1.165) is 12.2 Å². The summed E-state index contributed by atoms with van der Waals surface area (Å²) in [6.07, 6.45) is 4.13. The van der Waals surface area contributed by atoms with Gasteiger partial charge in [-0.15, -0.1) is 0 Å². The maximum atomic E-state index is 11.9. The predicted molar refractivity (Wildman–Crippen MR) is 75.2 cm³/mol. The van der Waals surface area contributed by atoms with Crippen molar-refractivity contribution in [3.05, 3.63) is 47.5 Å². The zero-order chi connectivity index (χ0) is 13.7. The lowest BCUT2D eigenvalue weighted by molar-refractivity contribution is 0.247. The van der Waals surface area contributed by atoms with Gasteiger partial charge in [0.1, 0.15) is 5.82 Å². The summed E-state index contributed by atoms with van der Waals surface area (Å²) in [4.78, 5) is 19.0. The van der Waals surface area contributed by atoms with Crippen LogP contribution in [0.2, 0.25) is 5.02 Å². The van der Waals surface area contributed by atoms with Crippen LogP contribution in [0.25, 0.3) is 0 Å². The molecule has 0 aliphatic carbocycles. The van der Waals surface area contributed by atoms with Crippen molar-refractivity contribution < 1.29 is 4.79 Å². The number of benzene rings is 1. The first-order valence-corrected chi connectivity index (χ1v) is 6.39. The Kier molecular flexibility index (Phi) is 4.41. The number of carbonyl (C=O) groups excluding carboxylic acids is 1. The van der Waals surface area contributed by atoms with Crippen LogP contribution in [0.3, 0.4) is 0 Å². The van der Waals surface area contributed by atoms with Crippen molar-refractivity contribution in [1.82, 2.24) is 15.3 Å². The number of urea groups is 1. The topological polar surface area (TPSA) is 69.8 Å². The largest absolute Gasteiger partial charge is 0.347 e. The van der Waals surface area contributed by atoms with Gasteiger partial charge in [0, 0.05) is 12.4 Å². The molecular weight excluding hydrogens is 264 g/mol. The number of hydrogen-bond donors (Lipinski definition) is 3. The van der Waals surface area contributed by atoms with E-state index in [4.69, 9.17) is 11.6 Å². The molecule has 3 N–H and O–H groups in total. The molecule has 1 heterocycles. The Hall–Kier alpha value is -2.01. The Bertz CT molecular complexity index is 541. The summed E-state index contributed by atoms with van der Waals surface area (Å²) in [6.45, 7) is 1.98. The van der Waals surface area contributed by atoms with Gasteiger partial charge in [-0.3, -0.25) is 0 Å². The number of hydrogen-bond acceptors (Lipinski definition) is 2. The molecule has 0 saturated carbocycles. The van der Waals surface area contributed by atoms with Gasteiger partial charge >= 0.3 is 6.03 Å². The molecule has 1 aromatic carbocycles. The van der Waals surface area contributed by atoms with E-state index in [1.165, 1.54) is 0 Å². The molecule has 0 bridgehead atoms. The lowest BCUT2D eigenvalue weighted by atomic mass is 10.2. The first-order valence-electron chi connectivity index (χ1n) is 6.02. The average molecular weight is 279 g/mol. The number of carbonyl (C=O) groups is 1. The van der Waals surface area contributed by atoms with Crippen molar-refractivity contribution in [3.8, 4) is 0 Å². The Morgan fingerprint density at radius 1 is 1.47 bits per heavy atom. The third-order valence-corrected chi connectivity index (χ3v) is 3.01. The SMILES string of the molecule is CCC(NC(=O)Nc1ccccc1Cl)c1ncc[nH]1. The number of imidazole rings is 1. The molecule has 1 unspecified atom stereocenters. The smallest absolute Gasteiger partial charge is 0.319 e. The first-order chi connectivity index (χ1) is 9.20. The molecule has 0 spiro atoms. The van der Waals surface area contributed by atoms with Crippen LogP contribution in [-0.2, 0) is 0 Å². The van der Waals surface area contributed by atoms with Crippen LogP contribution < -0.4 is 10.6 Å². The molecule has 5 nitrogen and oxygen atoms in total. The summed E-state index contributed by atoms with van der Waals surface area (Å²) >= 11 is 5.98. The molecule has 19 heavy (non-hydrogen) atoms. The molecule has 0 fully saturated rings. The molecule has 2 aromatic rings. The van der Waals surface area contributed by atoms with E-state index in [-0.39, 0.29) is 12.1 Å². The minimum atomic E-state index is -0.309. The average Bonchev–Trinajstić information content (AvgIpc) is 2.92. The number of anilines is 1. The number of aromatic amines is 1. The fraction of sp³-hybridized carbons (Fsp3) is 0.231. The standard InChI is InChI=1S/C13H15ClN4O/c1-2-10(12-15-7-8-16-12)17-13(19)18-11-6-4-3-5-9(11)14/h3-8,10H,2H2,1H3,(H,15,16)(H2,17,18,19). The summed E-state index contributed by atoms with van der Waals surface area (Å²) in [7, 11) is 0. The van der Waals surface area contributed by atoms with Crippen molar-refractivity contribution in [2.45, 2.75) is 19.4 Å². The lowest BCUT2D eigenvalue weighted by Crippen LogP contribution is -2.32. The number of amides is 2. The van der Waals surface area contributed by atoms with Crippen LogP contribution in [0.15, 0.2) is 36.7 Å².